The molecule has 0 heterocycles. The van der Waals surface area contributed by atoms with E-state index in [1.54, 1.807) is 25.3 Å². The maximum absolute atomic E-state index is 12.3. The van der Waals surface area contributed by atoms with Crippen LogP contribution < -0.4 is 15.4 Å². The summed E-state index contributed by atoms with van der Waals surface area (Å²) < 4.78 is 5.25. The lowest BCUT2D eigenvalue weighted by atomic mass is 9.93. The molecule has 0 aromatic heterocycles. The Morgan fingerprint density at radius 3 is 2.67 bits per heavy atom. The number of hydrogen-bond acceptors (Lipinski definition) is 3. The van der Waals surface area contributed by atoms with Crippen LogP contribution in [-0.4, -0.2) is 18.9 Å². The standard InChI is InChI=1S/C16H20N2O3/c1-11(19)17-13-8-9-15(21-2)14(10-13)18-16(20)12-6-4-3-5-7-12/h3-4,8-10,12H,5-7H2,1-2H3,(H,17,19)(H,18,20)/t12-/m0/s1. The number of hydrogen-bond donors (Lipinski definition) is 2. The fourth-order valence-electron chi connectivity index (χ4n) is 2.35. The van der Waals surface area contributed by atoms with Crippen LogP contribution in [0.3, 0.4) is 0 Å². The van der Waals surface area contributed by atoms with Crippen molar-refractivity contribution in [3.63, 3.8) is 0 Å². The van der Waals surface area contributed by atoms with Crippen LogP contribution in [0.5, 0.6) is 5.75 Å². The number of allylic oxidation sites excluding steroid dienone is 2. The van der Waals surface area contributed by atoms with E-state index in [0.717, 1.165) is 19.3 Å². The predicted octanol–water partition coefficient (Wildman–Crippen LogP) is 2.95. The minimum Gasteiger partial charge on any atom is -0.495 e. The first kappa shape index (κ1) is 15.1. The molecule has 1 aromatic rings. The lowest BCUT2D eigenvalue weighted by Crippen LogP contribution is -2.23. The van der Waals surface area contributed by atoms with Gasteiger partial charge >= 0.3 is 0 Å². The van der Waals surface area contributed by atoms with Gasteiger partial charge in [-0.15, -0.1) is 0 Å². The van der Waals surface area contributed by atoms with Crippen LogP contribution in [0.25, 0.3) is 0 Å². The van der Waals surface area contributed by atoms with Gasteiger partial charge in [0.2, 0.25) is 11.8 Å². The Morgan fingerprint density at radius 2 is 2.05 bits per heavy atom. The number of carbonyl (C=O) groups is 2. The number of benzene rings is 1. The molecule has 1 aliphatic rings. The van der Waals surface area contributed by atoms with Gasteiger partial charge in [0.05, 0.1) is 12.8 Å². The predicted molar refractivity (Wildman–Crippen MR) is 82.4 cm³/mol. The van der Waals surface area contributed by atoms with Gasteiger partial charge in [0.1, 0.15) is 5.75 Å². The summed E-state index contributed by atoms with van der Waals surface area (Å²) in [5, 5.41) is 5.59. The Kier molecular flexibility index (Phi) is 4.98. The van der Waals surface area contributed by atoms with E-state index in [4.69, 9.17) is 4.74 Å². The number of methoxy groups -OCH3 is 1. The highest BCUT2D eigenvalue weighted by molar-refractivity contribution is 5.96. The molecule has 2 amide bonds. The lowest BCUT2D eigenvalue weighted by Gasteiger charge is -2.19. The summed E-state index contributed by atoms with van der Waals surface area (Å²) in [5.41, 5.74) is 1.20. The molecule has 2 N–H and O–H groups in total. The number of nitrogens with one attached hydrogen (secondary N) is 2. The van der Waals surface area contributed by atoms with Crippen molar-refractivity contribution in [2.75, 3.05) is 17.7 Å². The van der Waals surface area contributed by atoms with Crippen molar-refractivity contribution in [2.24, 2.45) is 5.92 Å². The summed E-state index contributed by atoms with van der Waals surface area (Å²) in [6, 6.07) is 5.16. The smallest absolute Gasteiger partial charge is 0.227 e. The summed E-state index contributed by atoms with van der Waals surface area (Å²) in [7, 11) is 1.55. The Hall–Kier alpha value is -2.30. The third-order valence-electron chi connectivity index (χ3n) is 3.42. The van der Waals surface area contributed by atoms with Crippen molar-refractivity contribution < 1.29 is 14.3 Å². The van der Waals surface area contributed by atoms with Gasteiger partial charge in [0, 0.05) is 18.5 Å². The first-order chi connectivity index (χ1) is 10.1. The summed E-state index contributed by atoms with van der Waals surface area (Å²) >= 11 is 0. The van der Waals surface area contributed by atoms with E-state index < -0.39 is 0 Å². The van der Waals surface area contributed by atoms with Gasteiger partial charge in [-0.2, -0.15) is 0 Å². The van der Waals surface area contributed by atoms with Crippen LogP contribution in [0.4, 0.5) is 11.4 Å². The first-order valence-electron chi connectivity index (χ1n) is 7.01. The molecular formula is C16H20N2O3. The fourth-order valence-corrected chi connectivity index (χ4v) is 2.35. The molecule has 0 saturated heterocycles. The van der Waals surface area contributed by atoms with Gasteiger partial charge in [-0.1, -0.05) is 12.2 Å². The molecule has 1 atom stereocenters. The normalized spacial score (nSPS) is 17.1. The van der Waals surface area contributed by atoms with Crippen molar-refractivity contribution in [3.05, 3.63) is 30.4 Å². The summed E-state index contributed by atoms with van der Waals surface area (Å²) in [6.45, 7) is 1.44. The molecule has 1 aromatic carbocycles. The van der Waals surface area contributed by atoms with Crippen LogP contribution in [0.15, 0.2) is 30.4 Å². The highest BCUT2D eigenvalue weighted by Gasteiger charge is 2.20. The fraction of sp³-hybridized carbons (Fsp3) is 0.375. The van der Waals surface area contributed by atoms with Crippen LogP contribution in [0, 0.1) is 5.92 Å². The number of carbonyl (C=O) groups excluding carboxylic acids is 2. The van der Waals surface area contributed by atoms with Gasteiger partial charge in [0.25, 0.3) is 0 Å². The van der Waals surface area contributed by atoms with E-state index in [1.165, 1.54) is 6.92 Å². The van der Waals surface area contributed by atoms with Crippen molar-refractivity contribution >= 4 is 23.2 Å². The summed E-state index contributed by atoms with van der Waals surface area (Å²) in [6.07, 6.45) is 6.69. The molecule has 112 valence electrons. The van der Waals surface area contributed by atoms with Gasteiger partial charge in [-0.05, 0) is 37.5 Å². The minimum absolute atomic E-state index is 0.0101. The Balaban J connectivity index is 2.14. The van der Waals surface area contributed by atoms with E-state index in [1.807, 2.05) is 6.08 Å². The first-order valence-corrected chi connectivity index (χ1v) is 7.01. The molecule has 0 spiro atoms. The van der Waals surface area contributed by atoms with E-state index in [0.29, 0.717) is 17.1 Å². The van der Waals surface area contributed by atoms with Crippen molar-refractivity contribution in [3.8, 4) is 5.75 Å². The quantitative estimate of drug-likeness (QED) is 0.837. The van der Waals surface area contributed by atoms with Crippen molar-refractivity contribution in [2.45, 2.75) is 26.2 Å². The number of amides is 2. The molecule has 5 heteroatoms. The Labute approximate surface area is 124 Å². The Bertz CT molecular complexity index is 567. The average molecular weight is 288 g/mol. The molecule has 0 saturated carbocycles. The van der Waals surface area contributed by atoms with Gasteiger partial charge in [0.15, 0.2) is 0 Å². The topological polar surface area (TPSA) is 67.4 Å². The number of ether oxygens (including phenoxy) is 1. The summed E-state index contributed by atoms with van der Waals surface area (Å²) in [5.74, 6) is 0.389. The van der Waals surface area contributed by atoms with Crippen molar-refractivity contribution in [1.29, 1.82) is 0 Å². The molecule has 0 radical (unpaired) electrons. The SMILES string of the molecule is COc1ccc(NC(C)=O)cc1NC(=O)[C@H]1CC=CCC1. The van der Waals surface area contributed by atoms with E-state index in [9.17, 15) is 9.59 Å². The van der Waals surface area contributed by atoms with Gasteiger partial charge in [-0.3, -0.25) is 9.59 Å². The molecule has 0 aliphatic heterocycles. The zero-order valence-electron chi connectivity index (χ0n) is 12.3. The molecule has 0 unspecified atom stereocenters. The highest BCUT2D eigenvalue weighted by atomic mass is 16.5. The maximum Gasteiger partial charge on any atom is 0.227 e. The minimum atomic E-state index is -0.158. The van der Waals surface area contributed by atoms with Gasteiger partial charge in [-0.25, -0.2) is 0 Å². The number of anilines is 2. The third kappa shape index (κ3) is 4.08. The second kappa shape index (κ2) is 6.92. The van der Waals surface area contributed by atoms with Crippen LogP contribution in [0.2, 0.25) is 0 Å². The highest BCUT2D eigenvalue weighted by Crippen LogP contribution is 2.29. The molecular weight excluding hydrogens is 268 g/mol. The lowest BCUT2D eigenvalue weighted by molar-refractivity contribution is -0.120. The van der Waals surface area contributed by atoms with Gasteiger partial charge < -0.3 is 15.4 Å². The molecule has 0 fully saturated rings. The molecule has 1 aliphatic carbocycles. The maximum atomic E-state index is 12.3. The second-order valence-electron chi connectivity index (χ2n) is 5.07. The monoisotopic (exact) mass is 288 g/mol. The number of rotatable bonds is 4. The molecule has 2 rings (SSSR count). The summed E-state index contributed by atoms with van der Waals surface area (Å²) in [4.78, 5) is 23.4. The van der Waals surface area contributed by atoms with E-state index in [-0.39, 0.29) is 17.7 Å². The zero-order chi connectivity index (χ0) is 15.2. The zero-order valence-corrected chi connectivity index (χ0v) is 12.3. The average Bonchev–Trinajstić information content (AvgIpc) is 2.48. The molecule has 5 nitrogen and oxygen atoms in total. The second-order valence-corrected chi connectivity index (χ2v) is 5.07. The van der Waals surface area contributed by atoms with E-state index >= 15 is 0 Å². The Morgan fingerprint density at radius 1 is 1.24 bits per heavy atom. The van der Waals surface area contributed by atoms with Crippen LogP contribution >= 0.6 is 0 Å². The van der Waals surface area contributed by atoms with Crippen LogP contribution in [0.1, 0.15) is 26.2 Å². The van der Waals surface area contributed by atoms with Crippen molar-refractivity contribution in [1.82, 2.24) is 0 Å². The molecule has 21 heavy (non-hydrogen) atoms. The van der Waals surface area contributed by atoms with E-state index in [2.05, 4.69) is 16.7 Å². The largest absolute Gasteiger partial charge is 0.495 e. The van der Waals surface area contributed by atoms with Crippen LogP contribution in [-0.2, 0) is 9.59 Å². The molecule has 0 bridgehead atoms. The third-order valence-corrected chi connectivity index (χ3v) is 3.42.